The summed E-state index contributed by atoms with van der Waals surface area (Å²) in [5.74, 6) is 0.827. The SMILES string of the molecule is CNC1CCC(C(C)(C)C)CC1N1CC(C)OC(C)(C)C1. The molecule has 0 aromatic heterocycles. The predicted octanol–water partition coefficient (Wildman–Crippen LogP) is 3.29. The maximum Gasteiger partial charge on any atom is 0.0757 e. The summed E-state index contributed by atoms with van der Waals surface area (Å²) in [4.78, 5) is 2.70. The summed E-state index contributed by atoms with van der Waals surface area (Å²) in [7, 11) is 2.13. The highest BCUT2D eigenvalue weighted by Crippen LogP contribution is 2.40. The van der Waals surface area contributed by atoms with E-state index in [0.29, 0.717) is 23.6 Å². The van der Waals surface area contributed by atoms with Crippen LogP contribution in [0.3, 0.4) is 0 Å². The molecule has 4 atom stereocenters. The highest BCUT2D eigenvalue weighted by atomic mass is 16.5. The van der Waals surface area contributed by atoms with Crippen molar-refractivity contribution in [3.63, 3.8) is 0 Å². The molecule has 21 heavy (non-hydrogen) atoms. The largest absolute Gasteiger partial charge is 0.370 e. The normalized spacial score (nSPS) is 38.4. The zero-order valence-corrected chi connectivity index (χ0v) is 15.2. The Hall–Kier alpha value is -0.120. The minimum absolute atomic E-state index is 0.0232. The molecule has 4 unspecified atom stereocenters. The minimum atomic E-state index is -0.0232. The third-order valence-corrected chi connectivity index (χ3v) is 5.48. The van der Waals surface area contributed by atoms with E-state index in [2.05, 4.69) is 58.8 Å². The quantitative estimate of drug-likeness (QED) is 0.846. The van der Waals surface area contributed by atoms with Crippen LogP contribution in [-0.2, 0) is 4.74 Å². The maximum atomic E-state index is 6.10. The first-order valence-corrected chi connectivity index (χ1v) is 8.71. The standard InChI is InChI=1S/C18H36N2O/c1-13-11-20(12-18(5,6)21-13)16-10-14(17(2,3)4)8-9-15(16)19-7/h13-16,19H,8-12H2,1-7H3. The van der Waals surface area contributed by atoms with Gasteiger partial charge in [0.2, 0.25) is 0 Å². The van der Waals surface area contributed by atoms with Gasteiger partial charge in [-0.2, -0.15) is 0 Å². The molecule has 0 bridgehead atoms. The number of morpholine rings is 1. The van der Waals surface area contributed by atoms with Gasteiger partial charge in [0.05, 0.1) is 11.7 Å². The van der Waals surface area contributed by atoms with Crippen LogP contribution in [0, 0.1) is 11.3 Å². The number of hydrogen-bond acceptors (Lipinski definition) is 3. The van der Waals surface area contributed by atoms with E-state index in [1.54, 1.807) is 0 Å². The van der Waals surface area contributed by atoms with Crippen molar-refractivity contribution in [3.05, 3.63) is 0 Å². The fourth-order valence-corrected chi connectivity index (χ4v) is 4.43. The van der Waals surface area contributed by atoms with Crippen molar-refractivity contribution in [3.8, 4) is 0 Å². The Bertz CT molecular complexity index is 348. The van der Waals surface area contributed by atoms with Crippen molar-refractivity contribution in [2.24, 2.45) is 11.3 Å². The molecule has 1 N–H and O–H groups in total. The number of nitrogens with zero attached hydrogens (tertiary/aromatic N) is 1. The van der Waals surface area contributed by atoms with Crippen molar-refractivity contribution in [1.82, 2.24) is 10.2 Å². The zero-order chi connectivity index (χ0) is 15.8. The molecule has 1 saturated carbocycles. The minimum Gasteiger partial charge on any atom is -0.370 e. The van der Waals surface area contributed by atoms with E-state index in [-0.39, 0.29) is 5.60 Å². The highest BCUT2D eigenvalue weighted by Gasteiger charge is 2.42. The molecule has 0 spiro atoms. The lowest BCUT2D eigenvalue weighted by atomic mass is 9.69. The predicted molar refractivity (Wildman–Crippen MR) is 89.6 cm³/mol. The van der Waals surface area contributed by atoms with E-state index in [1.165, 1.54) is 19.3 Å². The van der Waals surface area contributed by atoms with Crippen LogP contribution in [0.5, 0.6) is 0 Å². The van der Waals surface area contributed by atoms with E-state index >= 15 is 0 Å². The van der Waals surface area contributed by atoms with E-state index < -0.39 is 0 Å². The molecule has 1 heterocycles. The topological polar surface area (TPSA) is 24.5 Å². The molecule has 2 aliphatic rings. The molecule has 2 rings (SSSR count). The molecule has 0 radical (unpaired) electrons. The number of rotatable bonds is 2. The van der Waals surface area contributed by atoms with Crippen molar-refractivity contribution in [2.45, 2.75) is 84.6 Å². The third kappa shape index (κ3) is 4.20. The van der Waals surface area contributed by atoms with E-state index in [0.717, 1.165) is 19.0 Å². The number of hydrogen-bond donors (Lipinski definition) is 1. The Morgan fingerprint density at radius 3 is 2.38 bits per heavy atom. The van der Waals surface area contributed by atoms with Crippen LogP contribution in [0.4, 0.5) is 0 Å². The molecule has 124 valence electrons. The first-order chi connectivity index (χ1) is 9.62. The lowest BCUT2D eigenvalue weighted by Gasteiger charge is -2.51. The van der Waals surface area contributed by atoms with E-state index in [9.17, 15) is 0 Å². The Morgan fingerprint density at radius 1 is 1.19 bits per heavy atom. The molecule has 3 nitrogen and oxygen atoms in total. The summed E-state index contributed by atoms with van der Waals surface area (Å²) in [5.41, 5.74) is 0.398. The average Bonchev–Trinajstić information content (AvgIpc) is 2.34. The number of nitrogens with one attached hydrogen (secondary N) is 1. The van der Waals surface area contributed by atoms with Gasteiger partial charge in [0.15, 0.2) is 0 Å². The van der Waals surface area contributed by atoms with E-state index in [1.807, 2.05) is 0 Å². The second kappa shape index (κ2) is 6.17. The fourth-order valence-electron chi connectivity index (χ4n) is 4.43. The smallest absolute Gasteiger partial charge is 0.0757 e. The van der Waals surface area contributed by atoms with Gasteiger partial charge in [0.1, 0.15) is 0 Å². The second-order valence-corrected chi connectivity index (χ2v) is 8.96. The number of ether oxygens (including phenoxy) is 1. The van der Waals surface area contributed by atoms with Gasteiger partial charge in [0.25, 0.3) is 0 Å². The summed E-state index contributed by atoms with van der Waals surface area (Å²) >= 11 is 0. The molecule has 0 aromatic carbocycles. The summed E-state index contributed by atoms with van der Waals surface area (Å²) < 4.78 is 6.10. The summed E-state index contributed by atoms with van der Waals surface area (Å²) in [6.07, 6.45) is 4.31. The van der Waals surface area contributed by atoms with Gasteiger partial charge in [-0.25, -0.2) is 0 Å². The summed E-state index contributed by atoms with van der Waals surface area (Å²) in [5, 5.41) is 3.58. The molecule has 2 fully saturated rings. The first-order valence-electron chi connectivity index (χ1n) is 8.71. The lowest BCUT2D eigenvalue weighted by Crippen LogP contribution is -2.61. The Kier molecular flexibility index (Phi) is 5.07. The van der Waals surface area contributed by atoms with Gasteiger partial charge in [-0.05, 0) is 58.4 Å². The molecule has 0 amide bonds. The van der Waals surface area contributed by atoms with Crippen LogP contribution in [0.2, 0.25) is 0 Å². The van der Waals surface area contributed by atoms with Gasteiger partial charge < -0.3 is 10.1 Å². The van der Waals surface area contributed by atoms with Crippen LogP contribution in [0.1, 0.15) is 60.8 Å². The van der Waals surface area contributed by atoms with Crippen LogP contribution < -0.4 is 5.32 Å². The van der Waals surface area contributed by atoms with Crippen molar-refractivity contribution >= 4 is 0 Å². The first kappa shape index (κ1) is 17.2. The molecule has 3 heteroatoms. The third-order valence-electron chi connectivity index (χ3n) is 5.48. The summed E-state index contributed by atoms with van der Waals surface area (Å²) in [6, 6.07) is 1.28. The molecular formula is C18H36N2O. The monoisotopic (exact) mass is 296 g/mol. The van der Waals surface area contributed by atoms with Crippen molar-refractivity contribution < 1.29 is 4.74 Å². The van der Waals surface area contributed by atoms with Gasteiger partial charge in [-0.15, -0.1) is 0 Å². The highest BCUT2D eigenvalue weighted by molar-refractivity contribution is 4.97. The molecule has 0 aromatic rings. The van der Waals surface area contributed by atoms with Gasteiger partial charge in [-0.3, -0.25) is 4.90 Å². The van der Waals surface area contributed by atoms with Crippen LogP contribution in [0.25, 0.3) is 0 Å². The lowest BCUT2D eigenvalue weighted by molar-refractivity contribution is -0.145. The molecule has 1 saturated heterocycles. The maximum absolute atomic E-state index is 6.10. The van der Waals surface area contributed by atoms with Gasteiger partial charge >= 0.3 is 0 Å². The van der Waals surface area contributed by atoms with E-state index in [4.69, 9.17) is 4.74 Å². The molecular weight excluding hydrogens is 260 g/mol. The number of likely N-dealkylation sites (N-methyl/N-ethyl adjacent to an activating group) is 1. The van der Waals surface area contributed by atoms with Crippen LogP contribution in [0.15, 0.2) is 0 Å². The average molecular weight is 296 g/mol. The second-order valence-electron chi connectivity index (χ2n) is 8.96. The zero-order valence-electron chi connectivity index (χ0n) is 15.2. The summed E-state index contributed by atoms with van der Waals surface area (Å²) in [6.45, 7) is 16.0. The van der Waals surface area contributed by atoms with Gasteiger partial charge in [-0.1, -0.05) is 20.8 Å². The molecule has 1 aliphatic carbocycles. The van der Waals surface area contributed by atoms with Crippen LogP contribution in [-0.4, -0.2) is 48.8 Å². The van der Waals surface area contributed by atoms with Crippen LogP contribution >= 0.6 is 0 Å². The van der Waals surface area contributed by atoms with Crippen molar-refractivity contribution in [2.75, 3.05) is 20.1 Å². The Morgan fingerprint density at radius 2 is 1.86 bits per heavy atom. The van der Waals surface area contributed by atoms with Gasteiger partial charge in [0, 0.05) is 25.2 Å². The Balaban J connectivity index is 2.13. The van der Waals surface area contributed by atoms with Crippen molar-refractivity contribution in [1.29, 1.82) is 0 Å². The molecule has 1 aliphatic heterocycles. The fraction of sp³-hybridized carbons (Fsp3) is 1.00. The Labute approximate surface area is 131 Å².